The van der Waals surface area contributed by atoms with Crippen molar-refractivity contribution >= 4 is 0 Å². The van der Waals surface area contributed by atoms with E-state index in [4.69, 9.17) is 5.73 Å². The van der Waals surface area contributed by atoms with Crippen LogP contribution in [0.1, 0.15) is 77.0 Å². The van der Waals surface area contributed by atoms with Crippen LogP contribution in [0.2, 0.25) is 0 Å². The highest BCUT2D eigenvalue weighted by molar-refractivity contribution is 4.98. The van der Waals surface area contributed by atoms with Crippen molar-refractivity contribution < 1.29 is 0 Å². The molecule has 0 aromatic rings. The molecule has 3 fully saturated rings. The minimum absolute atomic E-state index is 0.383. The maximum Gasteiger partial charge on any atom is 0.0331 e. The molecule has 19 heavy (non-hydrogen) atoms. The first-order valence-electron chi connectivity index (χ1n) is 8.74. The third-order valence-corrected chi connectivity index (χ3v) is 6.57. The van der Waals surface area contributed by atoms with Crippen molar-refractivity contribution in [2.75, 3.05) is 19.6 Å². The van der Waals surface area contributed by atoms with Gasteiger partial charge in [-0.05, 0) is 57.0 Å². The van der Waals surface area contributed by atoms with Gasteiger partial charge in [-0.1, -0.05) is 38.5 Å². The fraction of sp³-hybridized carbons (Fsp3) is 1.00. The SMILES string of the molecule is NCC1(N2CCC3(CCCCC3)CC2)CCCCC1. The van der Waals surface area contributed by atoms with Crippen LogP contribution in [0.15, 0.2) is 0 Å². The zero-order valence-corrected chi connectivity index (χ0v) is 12.6. The van der Waals surface area contributed by atoms with Crippen LogP contribution in [0.3, 0.4) is 0 Å². The van der Waals surface area contributed by atoms with Gasteiger partial charge < -0.3 is 5.73 Å². The fourth-order valence-corrected chi connectivity index (χ4v) is 5.12. The summed E-state index contributed by atoms with van der Waals surface area (Å²) in [6, 6.07) is 0. The highest BCUT2D eigenvalue weighted by atomic mass is 15.2. The Balaban J connectivity index is 1.62. The average molecular weight is 264 g/mol. The Kier molecular flexibility index (Phi) is 4.19. The van der Waals surface area contributed by atoms with E-state index in [1.165, 1.54) is 90.1 Å². The molecule has 0 amide bonds. The van der Waals surface area contributed by atoms with Crippen LogP contribution in [0.4, 0.5) is 0 Å². The Morgan fingerprint density at radius 3 is 1.74 bits per heavy atom. The molecule has 0 aromatic heterocycles. The zero-order valence-electron chi connectivity index (χ0n) is 12.6. The lowest BCUT2D eigenvalue weighted by atomic mass is 9.67. The van der Waals surface area contributed by atoms with E-state index in [0.29, 0.717) is 5.54 Å². The van der Waals surface area contributed by atoms with Crippen LogP contribution >= 0.6 is 0 Å². The van der Waals surface area contributed by atoms with Gasteiger partial charge in [0.25, 0.3) is 0 Å². The molecule has 3 aliphatic rings. The summed E-state index contributed by atoms with van der Waals surface area (Å²) in [4.78, 5) is 2.80. The van der Waals surface area contributed by atoms with Crippen molar-refractivity contribution in [1.82, 2.24) is 4.90 Å². The highest BCUT2D eigenvalue weighted by Crippen LogP contribution is 2.46. The lowest BCUT2D eigenvalue weighted by Crippen LogP contribution is -2.58. The largest absolute Gasteiger partial charge is 0.329 e. The molecule has 2 nitrogen and oxygen atoms in total. The van der Waals surface area contributed by atoms with Gasteiger partial charge in [0.05, 0.1) is 0 Å². The maximum absolute atomic E-state index is 6.20. The van der Waals surface area contributed by atoms with Crippen LogP contribution in [0.5, 0.6) is 0 Å². The molecule has 2 N–H and O–H groups in total. The van der Waals surface area contributed by atoms with Gasteiger partial charge in [0.1, 0.15) is 0 Å². The number of piperidine rings is 1. The van der Waals surface area contributed by atoms with E-state index in [0.717, 1.165) is 12.0 Å². The molecule has 2 aliphatic carbocycles. The van der Waals surface area contributed by atoms with E-state index in [9.17, 15) is 0 Å². The topological polar surface area (TPSA) is 29.3 Å². The molecule has 1 spiro atoms. The molecule has 3 rings (SSSR count). The molecule has 2 heteroatoms. The van der Waals surface area contributed by atoms with Crippen molar-refractivity contribution in [3.63, 3.8) is 0 Å². The summed E-state index contributed by atoms with van der Waals surface area (Å²) in [5, 5.41) is 0. The van der Waals surface area contributed by atoms with Crippen molar-refractivity contribution in [1.29, 1.82) is 0 Å². The molecule has 1 heterocycles. The predicted molar refractivity (Wildman–Crippen MR) is 81.2 cm³/mol. The van der Waals surface area contributed by atoms with Crippen LogP contribution < -0.4 is 5.73 Å². The van der Waals surface area contributed by atoms with Crippen molar-refractivity contribution in [2.24, 2.45) is 11.1 Å². The summed E-state index contributed by atoms with van der Waals surface area (Å²) in [5.41, 5.74) is 7.32. The van der Waals surface area contributed by atoms with Gasteiger partial charge in [0, 0.05) is 12.1 Å². The van der Waals surface area contributed by atoms with E-state index >= 15 is 0 Å². The summed E-state index contributed by atoms with van der Waals surface area (Å²) >= 11 is 0. The maximum atomic E-state index is 6.20. The summed E-state index contributed by atoms with van der Waals surface area (Å²) in [5.74, 6) is 0. The predicted octanol–water partition coefficient (Wildman–Crippen LogP) is 3.69. The van der Waals surface area contributed by atoms with Crippen molar-refractivity contribution in [2.45, 2.75) is 82.6 Å². The average Bonchev–Trinajstić information content (AvgIpc) is 2.49. The van der Waals surface area contributed by atoms with Gasteiger partial charge in [0.15, 0.2) is 0 Å². The third-order valence-electron chi connectivity index (χ3n) is 6.57. The number of likely N-dealkylation sites (tertiary alicyclic amines) is 1. The molecule has 0 atom stereocenters. The first-order valence-corrected chi connectivity index (χ1v) is 8.74. The van der Waals surface area contributed by atoms with Gasteiger partial charge in [-0.15, -0.1) is 0 Å². The van der Waals surface area contributed by atoms with Crippen molar-refractivity contribution in [3.8, 4) is 0 Å². The summed E-state index contributed by atoms with van der Waals surface area (Å²) in [7, 11) is 0. The monoisotopic (exact) mass is 264 g/mol. The van der Waals surface area contributed by atoms with Gasteiger partial charge in [-0.2, -0.15) is 0 Å². The summed E-state index contributed by atoms with van der Waals surface area (Å²) in [6.07, 6.45) is 17.3. The Morgan fingerprint density at radius 2 is 1.21 bits per heavy atom. The molecule has 0 unspecified atom stereocenters. The molecular formula is C17H32N2. The lowest BCUT2D eigenvalue weighted by Gasteiger charge is -2.52. The number of nitrogens with zero attached hydrogens (tertiary/aromatic N) is 1. The van der Waals surface area contributed by atoms with Gasteiger partial charge in [-0.3, -0.25) is 4.90 Å². The molecule has 2 saturated carbocycles. The minimum atomic E-state index is 0.383. The summed E-state index contributed by atoms with van der Waals surface area (Å²) < 4.78 is 0. The quantitative estimate of drug-likeness (QED) is 0.824. The van der Waals surface area contributed by atoms with E-state index < -0.39 is 0 Å². The smallest absolute Gasteiger partial charge is 0.0331 e. The number of hydrogen-bond donors (Lipinski definition) is 1. The van der Waals surface area contributed by atoms with Gasteiger partial charge in [0.2, 0.25) is 0 Å². The Hall–Kier alpha value is -0.0800. The molecule has 1 aliphatic heterocycles. The second kappa shape index (κ2) is 5.73. The Morgan fingerprint density at radius 1 is 0.684 bits per heavy atom. The highest BCUT2D eigenvalue weighted by Gasteiger charge is 2.42. The molecule has 0 radical (unpaired) electrons. The van der Waals surface area contributed by atoms with E-state index in [-0.39, 0.29) is 0 Å². The standard InChI is InChI=1S/C17H32N2/c18-15-17(9-5-2-6-10-17)19-13-11-16(12-14-19)7-3-1-4-8-16/h1-15,18H2. The molecule has 110 valence electrons. The normalized spacial score (nSPS) is 31.4. The lowest BCUT2D eigenvalue weighted by molar-refractivity contribution is -0.0129. The van der Waals surface area contributed by atoms with E-state index in [1.54, 1.807) is 0 Å². The van der Waals surface area contributed by atoms with Crippen LogP contribution in [-0.4, -0.2) is 30.1 Å². The van der Waals surface area contributed by atoms with Crippen LogP contribution in [0, 0.1) is 5.41 Å². The van der Waals surface area contributed by atoms with Gasteiger partial charge in [-0.25, -0.2) is 0 Å². The summed E-state index contributed by atoms with van der Waals surface area (Å²) in [6.45, 7) is 3.55. The minimum Gasteiger partial charge on any atom is -0.329 e. The first kappa shape index (κ1) is 13.9. The first-order chi connectivity index (χ1) is 9.29. The van der Waals surface area contributed by atoms with Crippen LogP contribution in [-0.2, 0) is 0 Å². The molecule has 0 aromatic carbocycles. The van der Waals surface area contributed by atoms with Crippen LogP contribution in [0.25, 0.3) is 0 Å². The molecule has 0 bridgehead atoms. The van der Waals surface area contributed by atoms with Crippen molar-refractivity contribution in [3.05, 3.63) is 0 Å². The molecular weight excluding hydrogens is 232 g/mol. The van der Waals surface area contributed by atoms with E-state index in [2.05, 4.69) is 4.90 Å². The number of rotatable bonds is 2. The zero-order chi connectivity index (χ0) is 13.2. The Bertz CT molecular complexity index is 278. The molecule has 1 saturated heterocycles. The Labute approximate surface area is 119 Å². The van der Waals surface area contributed by atoms with E-state index in [1.807, 2.05) is 0 Å². The third kappa shape index (κ3) is 2.71. The second-order valence-electron chi connectivity index (χ2n) is 7.54. The second-order valence-corrected chi connectivity index (χ2v) is 7.54. The van der Waals surface area contributed by atoms with Gasteiger partial charge >= 0.3 is 0 Å². The fourth-order valence-electron chi connectivity index (χ4n) is 5.12. The number of nitrogens with two attached hydrogens (primary N) is 1. The number of hydrogen-bond acceptors (Lipinski definition) is 2.